The molecule has 2 heterocycles. The number of rotatable bonds is 10. The molecule has 0 aliphatic carbocycles. The molecule has 1 atom stereocenters. The molecule has 0 bridgehead atoms. The van der Waals surface area contributed by atoms with Crippen LogP contribution in [0, 0.1) is 13.8 Å². The highest BCUT2D eigenvalue weighted by molar-refractivity contribution is 7.17. The van der Waals surface area contributed by atoms with Crippen molar-refractivity contribution in [2.24, 2.45) is 0 Å². The summed E-state index contributed by atoms with van der Waals surface area (Å²) >= 11 is 1.25. The van der Waals surface area contributed by atoms with Gasteiger partial charge in [-0.2, -0.15) is 0 Å². The first-order valence-electron chi connectivity index (χ1n) is 13.0. The lowest BCUT2D eigenvalue weighted by Crippen LogP contribution is -2.34. The van der Waals surface area contributed by atoms with Crippen molar-refractivity contribution < 1.29 is 24.2 Å². The molecule has 8 heteroatoms. The van der Waals surface area contributed by atoms with Crippen LogP contribution >= 0.6 is 11.3 Å². The first kappa shape index (κ1) is 27.3. The lowest BCUT2D eigenvalue weighted by molar-refractivity contribution is -0.130. The number of carbonyl (C=O) groups excluding carboxylic acids is 2. The number of hydrogen-bond donors (Lipinski definition) is 1. The first-order chi connectivity index (χ1) is 19.4. The van der Waals surface area contributed by atoms with E-state index in [2.05, 4.69) is 4.98 Å². The fraction of sp³-hybridized carbons (Fsp3) is 0.219. The minimum absolute atomic E-state index is 0.0424. The van der Waals surface area contributed by atoms with E-state index in [1.165, 1.54) is 21.8 Å². The number of amides is 1. The molecule has 1 unspecified atom stereocenters. The van der Waals surface area contributed by atoms with Gasteiger partial charge in [0.1, 0.15) is 17.4 Å². The molecule has 0 saturated heterocycles. The lowest BCUT2D eigenvalue weighted by atomic mass is 9.95. The maximum Gasteiger partial charge on any atom is 0.290 e. The van der Waals surface area contributed by atoms with Crippen LogP contribution in [0.4, 0.5) is 0 Å². The summed E-state index contributed by atoms with van der Waals surface area (Å²) in [6.07, 6.45) is 0. The van der Waals surface area contributed by atoms with E-state index in [1.54, 1.807) is 14.0 Å². The zero-order chi connectivity index (χ0) is 28.2. The number of thiazole rings is 1. The largest absolute Gasteiger partial charge is 0.503 e. The monoisotopic (exact) mass is 554 g/mol. The average molecular weight is 555 g/mol. The smallest absolute Gasteiger partial charge is 0.290 e. The van der Waals surface area contributed by atoms with Gasteiger partial charge in [-0.05, 0) is 37.1 Å². The fourth-order valence-electron chi connectivity index (χ4n) is 4.68. The number of aryl methyl sites for hydroxylation is 2. The highest BCUT2D eigenvalue weighted by atomic mass is 32.1. The van der Waals surface area contributed by atoms with Crippen molar-refractivity contribution in [2.75, 3.05) is 20.3 Å². The summed E-state index contributed by atoms with van der Waals surface area (Å²) < 4.78 is 11.2. The summed E-state index contributed by atoms with van der Waals surface area (Å²) in [6.45, 7) is 4.69. The summed E-state index contributed by atoms with van der Waals surface area (Å²) in [5, 5.41) is 11.7. The van der Waals surface area contributed by atoms with Crippen LogP contribution in [0.5, 0.6) is 5.75 Å². The summed E-state index contributed by atoms with van der Waals surface area (Å²) in [5.41, 5.74) is 4.41. The van der Waals surface area contributed by atoms with E-state index >= 15 is 0 Å². The van der Waals surface area contributed by atoms with Crippen LogP contribution < -0.4 is 4.74 Å². The maximum absolute atomic E-state index is 13.9. The Balaban J connectivity index is 1.44. The van der Waals surface area contributed by atoms with Crippen molar-refractivity contribution in [2.45, 2.75) is 26.5 Å². The third-order valence-corrected chi connectivity index (χ3v) is 8.04. The van der Waals surface area contributed by atoms with Crippen molar-refractivity contribution in [1.82, 2.24) is 9.88 Å². The Morgan fingerprint density at radius 1 is 1.00 bits per heavy atom. The quantitative estimate of drug-likeness (QED) is 0.234. The molecule has 1 N–H and O–H groups in total. The van der Waals surface area contributed by atoms with Crippen molar-refractivity contribution in [3.05, 3.63) is 117 Å². The molecule has 3 aromatic carbocycles. The SMILES string of the molecule is COCCN1C(=O)C(O)=C(C(=O)c2sc(-c3ccccc3)nc2C)C1c1ccc(OCc2ccc(C)cc2)cc1. The molecule has 1 aliphatic rings. The molecule has 1 amide bonds. The van der Waals surface area contributed by atoms with Crippen LogP contribution in [-0.2, 0) is 16.1 Å². The molecule has 1 aromatic heterocycles. The Morgan fingerprint density at radius 3 is 2.38 bits per heavy atom. The Morgan fingerprint density at radius 2 is 1.70 bits per heavy atom. The van der Waals surface area contributed by atoms with E-state index in [0.717, 1.165) is 11.1 Å². The molecular formula is C32H30N2O5S. The standard InChI is InChI=1S/C32H30N2O5S/c1-20-9-11-22(12-10-20)19-39-25-15-13-23(14-16-25)27-26(29(36)32(37)34(27)17-18-38-3)28(35)30-21(2)33-31(40-30)24-7-5-4-6-8-24/h4-16,27,36H,17-19H2,1-3H3. The Labute approximate surface area is 237 Å². The second-order valence-electron chi connectivity index (χ2n) is 9.63. The molecule has 4 aromatic rings. The van der Waals surface area contributed by atoms with Gasteiger partial charge in [-0.15, -0.1) is 11.3 Å². The van der Waals surface area contributed by atoms with Gasteiger partial charge < -0.3 is 19.5 Å². The predicted octanol–water partition coefficient (Wildman–Crippen LogP) is 6.23. The van der Waals surface area contributed by atoms with Gasteiger partial charge >= 0.3 is 0 Å². The number of ether oxygens (including phenoxy) is 2. The second-order valence-corrected chi connectivity index (χ2v) is 10.6. The minimum atomic E-state index is -0.775. The van der Waals surface area contributed by atoms with E-state index in [0.29, 0.717) is 33.5 Å². The van der Waals surface area contributed by atoms with E-state index < -0.39 is 23.5 Å². The summed E-state index contributed by atoms with van der Waals surface area (Å²) in [7, 11) is 1.54. The lowest BCUT2D eigenvalue weighted by Gasteiger charge is -2.26. The highest BCUT2D eigenvalue weighted by Gasteiger charge is 2.44. The Hall–Kier alpha value is -4.27. The van der Waals surface area contributed by atoms with Gasteiger partial charge in [0.2, 0.25) is 5.78 Å². The van der Waals surface area contributed by atoms with Crippen LogP contribution in [0.1, 0.15) is 38.1 Å². The predicted molar refractivity (Wildman–Crippen MR) is 155 cm³/mol. The van der Waals surface area contributed by atoms with Crippen molar-refractivity contribution in [3.63, 3.8) is 0 Å². The maximum atomic E-state index is 13.9. The van der Waals surface area contributed by atoms with Crippen molar-refractivity contribution >= 4 is 23.0 Å². The van der Waals surface area contributed by atoms with Gasteiger partial charge in [0, 0.05) is 19.2 Å². The molecule has 0 fully saturated rings. The first-order valence-corrected chi connectivity index (χ1v) is 13.8. The van der Waals surface area contributed by atoms with E-state index in [-0.39, 0.29) is 18.7 Å². The number of aromatic nitrogens is 1. The number of methoxy groups -OCH3 is 1. The molecule has 204 valence electrons. The molecule has 7 nitrogen and oxygen atoms in total. The van der Waals surface area contributed by atoms with Crippen molar-refractivity contribution in [3.8, 4) is 16.3 Å². The van der Waals surface area contributed by atoms with Crippen LogP contribution in [0.3, 0.4) is 0 Å². The Kier molecular flexibility index (Phi) is 8.09. The molecule has 40 heavy (non-hydrogen) atoms. The van der Waals surface area contributed by atoms with Gasteiger partial charge in [0.15, 0.2) is 5.76 Å². The molecule has 0 saturated carbocycles. The van der Waals surface area contributed by atoms with Crippen molar-refractivity contribution in [1.29, 1.82) is 0 Å². The number of carbonyl (C=O) groups is 2. The Bertz CT molecular complexity index is 1540. The number of benzene rings is 3. The average Bonchev–Trinajstić information content (AvgIpc) is 3.49. The molecule has 1 aliphatic heterocycles. The number of aliphatic hydroxyl groups excluding tert-OH is 1. The van der Waals surface area contributed by atoms with Crippen LogP contribution in [0.15, 0.2) is 90.2 Å². The number of ketones is 1. The summed E-state index contributed by atoms with van der Waals surface area (Å²) in [6, 6.07) is 24.2. The number of nitrogens with zero attached hydrogens (tertiary/aromatic N) is 2. The third kappa shape index (κ3) is 5.54. The fourth-order valence-corrected chi connectivity index (χ4v) is 5.71. The summed E-state index contributed by atoms with van der Waals surface area (Å²) in [4.78, 5) is 33.6. The molecule has 0 spiro atoms. The van der Waals surface area contributed by atoms with E-state index in [4.69, 9.17) is 9.47 Å². The van der Waals surface area contributed by atoms with Crippen LogP contribution in [0.2, 0.25) is 0 Å². The van der Waals surface area contributed by atoms with Gasteiger partial charge in [-0.1, -0.05) is 72.3 Å². The molecule has 5 rings (SSSR count). The zero-order valence-electron chi connectivity index (χ0n) is 22.6. The topological polar surface area (TPSA) is 89.0 Å². The van der Waals surface area contributed by atoms with Gasteiger partial charge in [-0.3, -0.25) is 9.59 Å². The van der Waals surface area contributed by atoms with Crippen LogP contribution in [-0.4, -0.2) is 46.9 Å². The highest BCUT2D eigenvalue weighted by Crippen LogP contribution is 2.41. The van der Waals surface area contributed by atoms with Gasteiger partial charge in [0.05, 0.1) is 28.8 Å². The number of hydrogen-bond acceptors (Lipinski definition) is 7. The molecular weight excluding hydrogens is 524 g/mol. The number of Topliss-reactive ketones (excluding diaryl/α,β-unsaturated/α-hetero) is 1. The van der Waals surface area contributed by atoms with Gasteiger partial charge in [0.25, 0.3) is 5.91 Å². The van der Waals surface area contributed by atoms with Gasteiger partial charge in [-0.25, -0.2) is 4.98 Å². The van der Waals surface area contributed by atoms with E-state index in [9.17, 15) is 14.7 Å². The second kappa shape index (κ2) is 11.9. The summed E-state index contributed by atoms with van der Waals surface area (Å²) in [5.74, 6) is -0.896. The number of aliphatic hydroxyl groups is 1. The normalized spacial score (nSPS) is 15.1. The molecule has 0 radical (unpaired) electrons. The minimum Gasteiger partial charge on any atom is -0.503 e. The van der Waals surface area contributed by atoms with E-state index in [1.807, 2.05) is 85.8 Å². The van der Waals surface area contributed by atoms with Crippen LogP contribution in [0.25, 0.3) is 10.6 Å². The zero-order valence-corrected chi connectivity index (χ0v) is 23.4. The third-order valence-electron chi connectivity index (χ3n) is 6.83.